The van der Waals surface area contributed by atoms with Gasteiger partial charge in [0.05, 0.1) is 12.8 Å². The number of carbonyl (C=O) groups excluding carboxylic acids is 1. The number of halogens is 1. The summed E-state index contributed by atoms with van der Waals surface area (Å²) in [7, 11) is 1.56. The van der Waals surface area contributed by atoms with E-state index in [4.69, 9.17) is 16.3 Å². The Balaban J connectivity index is 2.79. The lowest BCUT2D eigenvalue weighted by molar-refractivity contribution is -0.119. The Morgan fingerprint density at radius 2 is 2.24 bits per heavy atom. The summed E-state index contributed by atoms with van der Waals surface area (Å²) >= 11 is 5.89. The van der Waals surface area contributed by atoms with E-state index in [0.29, 0.717) is 16.5 Å². The van der Waals surface area contributed by atoms with Crippen molar-refractivity contribution in [2.75, 3.05) is 12.4 Å². The molecular formula is C13H18ClNO2. The topological polar surface area (TPSA) is 38.3 Å². The number of benzene rings is 1. The fourth-order valence-electron chi connectivity index (χ4n) is 1.60. The maximum absolute atomic E-state index is 11.9. The molecule has 0 saturated carbocycles. The number of hydrogen-bond donors (Lipinski definition) is 1. The zero-order valence-electron chi connectivity index (χ0n) is 10.4. The smallest absolute Gasteiger partial charge is 0.227 e. The highest BCUT2D eigenvalue weighted by Crippen LogP contribution is 2.28. The van der Waals surface area contributed by atoms with Crippen LogP contribution in [0.2, 0.25) is 5.02 Å². The van der Waals surface area contributed by atoms with Crippen LogP contribution < -0.4 is 10.1 Å². The molecule has 3 nitrogen and oxygen atoms in total. The second kappa shape index (κ2) is 6.50. The average Bonchev–Trinajstić information content (AvgIpc) is 2.29. The predicted octanol–water partition coefficient (Wildman–Crippen LogP) is 3.72. The highest BCUT2D eigenvalue weighted by Gasteiger charge is 2.14. The lowest BCUT2D eigenvalue weighted by atomic mass is 10.1. The van der Waals surface area contributed by atoms with Crippen molar-refractivity contribution in [2.45, 2.75) is 26.7 Å². The maximum Gasteiger partial charge on any atom is 0.227 e. The van der Waals surface area contributed by atoms with Crippen LogP contribution in [0.1, 0.15) is 26.7 Å². The molecule has 0 heterocycles. The van der Waals surface area contributed by atoms with Gasteiger partial charge >= 0.3 is 0 Å². The summed E-state index contributed by atoms with van der Waals surface area (Å²) < 4.78 is 5.17. The molecule has 1 aromatic rings. The van der Waals surface area contributed by atoms with E-state index in [-0.39, 0.29) is 11.8 Å². The van der Waals surface area contributed by atoms with Crippen molar-refractivity contribution < 1.29 is 9.53 Å². The van der Waals surface area contributed by atoms with Gasteiger partial charge in [-0.2, -0.15) is 0 Å². The molecule has 1 atom stereocenters. The summed E-state index contributed by atoms with van der Waals surface area (Å²) in [5.74, 6) is 0.600. The quantitative estimate of drug-likeness (QED) is 0.871. The van der Waals surface area contributed by atoms with E-state index >= 15 is 0 Å². The molecule has 0 aromatic heterocycles. The molecule has 0 spiro atoms. The van der Waals surface area contributed by atoms with Crippen molar-refractivity contribution in [2.24, 2.45) is 5.92 Å². The highest BCUT2D eigenvalue weighted by atomic mass is 35.5. The van der Waals surface area contributed by atoms with Gasteiger partial charge in [-0.25, -0.2) is 0 Å². The number of anilines is 1. The average molecular weight is 256 g/mol. The molecule has 1 rings (SSSR count). The number of hydrogen-bond acceptors (Lipinski definition) is 2. The van der Waals surface area contributed by atoms with Crippen LogP contribution in [0.3, 0.4) is 0 Å². The summed E-state index contributed by atoms with van der Waals surface area (Å²) in [6, 6.07) is 5.16. The molecule has 0 aliphatic rings. The normalized spacial score (nSPS) is 12.0. The van der Waals surface area contributed by atoms with Crippen LogP contribution in [0.4, 0.5) is 5.69 Å². The van der Waals surface area contributed by atoms with Gasteiger partial charge in [0, 0.05) is 10.9 Å². The molecule has 1 aromatic carbocycles. The minimum atomic E-state index is -0.0105. The van der Waals surface area contributed by atoms with Gasteiger partial charge in [0.15, 0.2) is 0 Å². The Morgan fingerprint density at radius 3 is 2.82 bits per heavy atom. The van der Waals surface area contributed by atoms with Gasteiger partial charge in [0.1, 0.15) is 5.75 Å². The first-order chi connectivity index (χ1) is 8.08. The van der Waals surface area contributed by atoms with Crippen molar-refractivity contribution in [1.82, 2.24) is 0 Å². The van der Waals surface area contributed by atoms with Gasteiger partial charge < -0.3 is 10.1 Å². The number of nitrogens with one attached hydrogen (secondary N) is 1. The first-order valence-corrected chi connectivity index (χ1v) is 6.10. The molecule has 0 aliphatic heterocycles. The van der Waals surface area contributed by atoms with Crippen molar-refractivity contribution >= 4 is 23.2 Å². The van der Waals surface area contributed by atoms with Crippen LogP contribution in [0.15, 0.2) is 18.2 Å². The Morgan fingerprint density at radius 1 is 1.53 bits per heavy atom. The molecule has 1 amide bonds. The monoisotopic (exact) mass is 255 g/mol. The van der Waals surface area contributed by atoms with Crippen LogP contribution in [0.25, 0.3) is 0 Å². The molecular weight excluding hydrogens is 238 g/mol. The van der Waals surface area contributed by atoms with Gasteiger partial charge in [-0.1, -0.05) is 31.9 Å². The van der Waals surface area contributed by atoms with Crippen LogP contribution in [0, 0.1) is 5.92 Å². The van der Waals surface area contributed by atoms with E-state index < -0.39 is 0 Å². The van der Waals surface area contributed by atoms with Crippen molar-refractivity contribution in [3.8, 4) is 5.75 Å². The van der Waals surface area contributed by atoms with Gasteiger partial charge in [-0.3, -0.25) is 4.79 Å². The summed E-state index contributed by atoms with van der Waals surface area (Å²) in [6.45, 7) is 3.97. The molecule has 0 radical (unpaired) electrons. The van der Waals surface area contributed by atoms with Crippen LogP contribution >= 0.6 is 11.6 Å². The van der Waals surface area contributed by atoms with Crippen molar-refractivity contribution in [3.05, 3.63) is 23.2 Å². The molecule has 1 N–H and O–H groups in total. The van der Waals surface area contributed by atoms with E-state index in [1.807, 2.05) is 6.92 Å². The summed E-state index contributed by atoms with van der Waals surface area (Å²) in [5.41, 5.74) is 0.618. The first kappa shape index (κ1) is 13.8. The van der Waals surface area contributed by atoms with Gasteiger partial charge in [0.25, 0.3) is 0 Å². The number of ether oxygens (including phenoxy) is 1. The fourth-order valence-corrected chi connectivity index (χ4v) is 1.77. The second-order valence-electron chi connectivity index (χ2n) is 4.02. The zero-order chi connectivity index (χ0) is 12.8. The minimum Gasteiger partial charge on any atom is -0.495 e. The maximum atomic E-state index is 11.9. The molecule has 17 heavy (non-hydrogen) atoms. The Labute approximate surface area is 107 Å². The molecule has 0 bridgehead atoms. The third-order valence-corrected chi connectivity index (χ3v) is 2.82. The van der Waals surface area contributed by atoms with Gasteiger partial charge in [0.2, 0.25) is 5.91 Å². The number of carbonyl (C=O) groups is 1. The van der Waals surface area contributed by atoms with Gasteiger partial charge in [-0.05, 0) is 24.6 Å². The standard InChI is InChI=1S/C13H18ClNO2/c1-4-5-9(2)13(16)15-11-8-10(14)6-7-12(11)17-3/h6-9H,4-5H2,1-3H3,(H,15,16)/t9-/m1/s1. The summed E-state index contributed by atoms with van der Waals surface area (Å²) in [6.07, 6.45) is 1.86. The number of methoxy groups -OCH3 is 1. The van der Waals surface area contributed by atoms with Gasteiger partial charge in [-0.15, -0.1) is 0 Å². The van der Waals surface area contributed by atoms with E-state index in [0.717, 1.165) is 12.8 Å². The van der Waals surface area contributed by atoms with E-state index in [9.17, 15) is 4.79 Å². The van der Waals surface area contributed by atoms with E-state index in [1.165, 1.54) is 0 Å². The molecule has 0 aliphatic carbocycles. The third kappa shape index (κ3) is 3.93. The molecule has 0 unspecified atom stereocenters. The largest absolute Gasteiger partial charge is 0.495 e. The minimum absolute atomic E-state index is 0.00702. The van der Waals surface area contributed by atoms with Crippen LogP contribution in [-0.2, 0) is 4.79 Å². The third-order valence-electron chi connectivity index (χ3n) is 2.59. The Hall–Kier alpha value is -1.22. The predicted molar refractivity (Wildman–Crippen MR) is 70.7 cm³/mol. The van der Waals surface area contributed by atoms with E-state index in [2.05, 4.69) is 12.2 Å². The van der Waals surface area contributed by atoms with E-state index in [1.54, 1.807) is 25.3 Å². The fraction of sp³-hybridized carbons (Fsp3) is 0.462. The SMILES string of the molecule is CCC[C@@H](C)C(=O)Nc1cc(Cl)ccc1OC. The van der Waals surface area contributed by atoms with Crippen LogP contribution in [0.5, 0.6) is 5.75 Å². The molecule has 94 valence electrons. The Bertz CT molecular complexity index is 393. The summed E-state index contributed by atoms with van der Waals surface area (Å²) in [4.78, 5) is 11.9. The van der Waals surface area contributed by atoms with Crippen molar-refractivity contribution in [1.29, 1.82) is 0 Å². The zero-order valence-corrected chi connectivity index (χ0v) is 11.2. The number of amides is 1. The number of rotatable bonds is 5. The highest BCUT2D eigenvalue weighted by molar-refractivity contribution is 6.31. The lowest BCUT2D eigenvalue weighted by Crippen LogP contribution is -2.20. The second-order valence-corrected chi connectivity index (χ2v) is 4.46. The van der Waals surface area contributed by atoms with Crippen LogP contribution in [-0.4, -0.2) is 13.0 Å². The molecule has 0 fully saturated rings. The Kier molecular flexibility index (Phi) is 5.29. The molecule has 0 saturated heterocycles. The molecule has 4 heteroatoms. The van der Waals surface area contributed by atoms with Crippen molar-refractivity contribution in [3.63, 3.8) is 0 Å². The summed E-state index contributed by atoms with van der Waals surface area (Å²) in [5, 5.41) is 3.41. The first-order valence-electron chi connectivity index (χ1n) is 5.72. The lowest BCUT2D eigenvalue weighted by Gasteiger charge is -2.14.